The summed E-state index contributed by atoms with van der Waals surface area (Å²) < 4.78 is 18.4. The van der Waals surface area contributed by atoms with Crippen molar-refractivity contribution in [2.75, 3.05) is 0 Å². The first-order chi connectivity index (χ1) is 8.19. The highest BCUT2D eigenvalue weighted by Crippen LogP contribution is 2.27. The quantitative estimate of drug-likeness (QED) is 0.799. The lowest BCUT2D eigenvalue weighted by Gasteiger charge is -2.07. The van der Waals surface area contributed by atoms with Gasteiger partial charge >= 0.3 is 0 Å². The second kappa shape index (κ2) is 4.86. The Bertz CT molecular complexity index is 592. The monoisotopic (exact) mass is 247 g/mol. The van der Waals surface area contributed by atoms with Gasteiger partial charge in [-0.1, -0.05) is 17.7 Å². The number of hydrogen-bond donors (Lipinski definition) is 0. The van der Waals surface area contributed by atoms with Gasteiger partial charge in [0.25, 0.3) is 0 Å². The summed E-state index contributed by atoms with van der Waals surface area (Å²) >= 11 is 5.76. The molecule has 4 heteroatoms. The maximum Gasteiger partial charge on any atom is 0.145 e. The van der Waals surface area contributed by atoms with E-state index in [1.807, 2.05) is 6.07 Å². The summed E-state index contributed by atoms with van der Waals surface area (Å²) in [6, 6.07) is 12.4. The zero-order valence-electron chi connectivity index (χ0n) is 8.65. The van der Waals surface area contributed by atoms with Crippen molar-refractivity contribution in [1.29, 1.82) is 5.26 Å². The van der Waals surface area contributed by atoms with E-state index in [4.69, 9.17) is 21.6 Å². The Morgan fingerprint density at radius 2 is 2.00 bits per heavy atom. The summed E-state index contributed by atoms with van der Waals surface area (Å²) in [4.78, 5) is 0. The van der Waals surface area contributed by atoms with E-state index in [0.29, 0.717) is 22.1 Å². The van der Waals surface area contributed by atoms with Crippen LogP contribution in [0.5, 0.6) is 11.5 Å². The van der Waals surface area contributed by atoms with Crippen LogP contribution in [0.25, 0.3) is 0 Å². The van der Waals surface area contributed by atoms with E-state index in [-0.39, 0.29) is 0 Å². The first kappa shape index (κ1) is 11.4. The lowest BCUT2D eigenvalue weighted by molar-refractivity contribution is 0.475. The summed E-state index contributed by atoms with van der Waals surface area (Å²) in [6.45, 7) is 0. The molecular weight excluding hydrogens is 241 g/mol. The van der Waals surface area contributed by atoms with Gasteiger partial charge in [-0.25, -0.2) is 4.39 Å². The van der Waals surface area contributed by atoms with Crippen molar-refractivity contribution in [3.8, 4) is 17.6 Å². The molecule has 0 saturated carbocycles. The Hall–Kier alpha value is -2.05. The Morgan fingerprint density at radius 1 is 1.18 bits per heavy atom. The minimum absolute atomic E-state index is 0.307. The topological polar surface area (TPSA) is 33.0 Å². The Morgan fingerprint density at radius 3 is 2.71 bits per heavy atom. The third-order valence-corrected chi connectivity index (χ3v) is 2.32. The number of benzene rings is 2. The number of nitrogens with zero attached hydrogens (tertiary/aromatic N) is 1. The molecule has 0 aliphatic heterocycles. The fourth-order valence-corrected chi connectivity index (χ4v) is 1.51. The molecule has 2 aromatic carbocycles. The van der Waals surface area contributed by atoms with E-state index < -0.39 is 5.82 Å². The Balaban J connectivity index is 2.34. The smallest absolute Gasteiger partial charge is 0.145 e. The van der Waals surface area contributed by atoms with E-state index in [9.17, 15) is 4.39 Å². The fourth-order valence-electron chi connectivity index (χ4n) is 1.34. The van der Waals surface area contributed by atoms with Crippen molar-refractivity contribution in [3.05, 3.63) is 58.9 Å². The number of halogens is 2. The predicted octanol–water partition coefficient (Wildman–Crippen LogP) is 4.14. The first-order valence-electron chi connectivity index (χ1n) is 4.82. The van der Waals surface area contributed by atoms with Crippen molar-refractivity contribution >= 4 is 11.6 Å². The van der Waals surface area contributed by atoms with Crippen LogP contribution in [0.1, 0.15) is 5.56 Å². The fraction of sp³-hybridized carbons (Fsp3) is 0. The van der Waals surface area contributed by atoms with Gasteiger partial charge in [0, 0.05) is 11.1 Å². The van der Waals surface area contributed by atoms with Crippen LogP contribution in [0.2, 0.25) is 5.02 Å². The molecule has 2 aromatic rings. The molecule has 17 heavy (non-hydrogen) atoms. The van der Waals surface area contributed by atoms with Crippen LogP contribution in [-0.2, 0) is 0 Å². The standard InChI is InChI=1S/C13H7ClFNO/c14-10-4-5-13(9(6-10)8-16)17-12-3-1-2-11(15)7-12/h1-7H. The second-order valence-electron chi connectivity index (χ2n) is 3.31. The molecule has 0 aromatic heterocycles. The number of nitriles is 1. The molecule has 0 unspecified atom stereocenters. The van der Waals surface area contributed by atoms with E-state index in [1.165, 1.54) is 24.3 Å². The molecule has 0 amide bonds. The molecule has 0 N–H and O–H groups in total. The largest absolute Gasteiger partial charge is 0.456 e. The van der Waals surface area contributed by atoms with Crippen molar-refractivity contribution < 1.29 is 9.13 Å². The Labute approximate surface area is 103 Å². The zero-order chi connectivity index (χ0) is 12.3. The minimum Gasteiger partial charge on any atom is -0.456 e. The van der Waals surface area contributed by atoms with Gasteiger partial charge in [0.2, 0.25) is 0 Å². The van der Waals surface area contributed by atoms with Crippen molar-refractivity contribution in [3.63, 3.8) is 0 Å². The van der Waals surface area contributed by atoms with Gasteiger partial charge in [-0.2, -0.15) is 5.26 Å². The molecule has 84 valence electrons. The van der Waals surface area contributed by atoms with Crippen molar-refractivity contribution in [2.24, 2.45) is 0 Å². The highest BCUT2D eigenvalue weighted by atomic mass is 35.5. The van der Waals surface area contributed by atoms with Gasteiger partial charge in [-0.15, -0.1) is 0 Å². The van der Waals surface area contributed by atoms with E-state index in [2.05, 4.69) is 0 Å². The highest BCUT2D eigenvalue weighted by molar-refractivity contribution is 6.30. The average molecular weight is 248 g/mol. The number of hydrogen-bond acceptors (Lipinski definition) is 2. The van der Waals surface area contributed by atoms with E-state index in [1.54, 1.807) is 18.2 Å². The lowest BCUT2D eigenvalue weighted by atomic mass is 10.2. The van der Waals surface area contributed by atoms with Crippen LogP contribution in [0.4, 0.5) is 4.39 Å². The lowest BCUT2D eigenvalue weighted by Crippen LogP contribution is -1.88. The third-order valence-electron chi connectivity index (χ3n) is 2.09. The van der Waals surface area contributed by atoms with Gasteiger partial charge in [0.05, 0.1) is 5.56 Å². The summed E-state index contributed by atoms with van der Waals surface area (Å²) in [5.74, 6) is 0.293. The molecule has 0 bridgehead atoms. The molecule has 0 atom stereocenters. The number of rotatable bonds is 2. The van der Waals surface area contributed by atoms with Crippen molar-refractivity contribution in [2.45, 2.75) is 0 Å². The molecule has 0 heterocycles. The van der Waals surface area contributed by atoms with Crippen LogP contribution in [0.3, 0.4) is 0 Å². The Kier molecular flexibility index (Phi) is 3.27. The molecule has 0 spiro atoms. The highest BCUT2D eigenvalue weighted by Gasteiger charge is 2.05. The zero-order valence-corrected chi connectivity index (χ0v) is 9.41. The van der Waals surface area contributed by atoms with E-state index in [0.717, 1.165) is 0 Å². The summed E-state index contributed by atoms with van der Waals surface area (Å²) in [7, 11) is 0. The molecule has 2 rings (SSSR count). The predicted molar refractivity (Wildman–Crippen MR) is 62.6 cm³/mol. The van der Waals surface area contributed by atoms with Gasteiger partial charge in [-0.3, -0.25) is 0 Å². The van der Waals surface area contributed by atoms with Gasteiger partial charge in [-0.05, 0) is 30.3 Å². The van der Waals surface area contributed by atoms with Crippen LogP contribution in [-0.4, -0.2) is 0 Å². The molecule has 0 radical (unpaired) electrons. The second-order valence-corrected chi connectivity index (χ2v) is 3.75. The molecule has 0 saturated heterocycles. The molecule has 0 aliphatic rings. The maximum absolute atomic E-state index is 13.0. The molecular formula is C13H7ClFNO. The molecule has 2 nitrogen and oxygen atoms in total. The minimum atomic E-state index is -0.394. The summed E-state index contributed by atoms with van der Waals surface area (Å²) in [5.41, 5.74) is 0.307. The van der Waals surface area contributed by atoms with Gasteiger partial charge in [0.15, 0.2) is 0 Å². The van der Waals surface area contributed by atoms with Crippen LogP contribution in [0.15, 0.2) is 42.5 Å². The molecule has 0 aliphatic carbocycles. The number of ether oxygens (including phenoxy) is 1. The van der Waals surface area contributed by atoms with Gasteiger partial charge in [0.1, 0.15) is 23.4 Å². The van der Waals surface area contributed by atoms with Crippen LogP contribution >= 0.6 is 11.6 Å². The van der Waals surface area contributed by atoms with Crippen LogP contribution < -0.4 is 4.74 Å². The summed E-state index contributed by atoms with van der Waals surface area (Å²) in [6.07, 6.45) is 0. The van der Waals surface area contributed by atoms with E-state index >= 15 is 0 Å². The first-order valence-corrected chi connectivity index (χ1v) is 5.20. The SMILES string of the molecule is N#Cc1cc(Cl)ccc1Oc1cccc(F)c1. The molecule has 0 fully saturated rings. The normalized spacial score (nSPS) is 9.71. The maximum atomic E-state index is 13.0. The third kappa shape index (κ3) is 2.74. The average Bonchev–Trinajstić information content (AvgIpc) is 2.31. The van der Waals surface area contributed by atoms with Crippen LogP contribution in [0, 0.1) is 17.1 Å². The van der Waals surface area contributed by atoms with Crippen molar-refractivity contribution in [1.82, 2.24) is 0 Å². The summed E-state index contributed by atoms with van der Waals surface area (Å²) in [5, 5.41) is 9.36. The van der Waals surface area contributed by atoms with Gasteiger partial charge < -0.3 is 4.74 Å².